The van der Waals surface area contributed by atoms with Gasteiger partial charge in [-0.05, 0) is 17.7 Å². The Morgan fingerprint density at radius 3 is 2.67 bits per heavy atom. The summed E-state index contributed by atoms with van der Waals surface area (Å²) in [6, 6.07) is 8.03. The summed E-state index contributed by atoms with van der Waals surface area (Å²) in [7, 11) is 0. The topological polar surface area (TPSA) is 58.4 Å². The van der Waals surface area contributed by atoms with E-state index in [9.17, 15) is 4.79 Å². The molecule has 0 saturated carbocycles. The van der Waals surface area contributed by atoms with Gasteiger partial charge in [0.25, 0.3) is 0 Å². The number of nitrogens with zero attached hydrogens (tertiary/aromatic N) is 1. The standard InChI is InChI=1S/C11H15N3O/c12-7-9-1-3-10(4-2-9)14-6-5-13-11(15)8-14/h1-4H,5-8,12H2,(H,13,15). The summed E-state index contributed by atoms with van der Waals surface area (Å²) in [5, 5.41) is 2.80. The molecule has 80 valence electrons. The molecule has 0 unspecified atom stereocenters. The first kappa shape index (κ1) is 9.98. The van der Waals surface area contributed by atoms with Crippen LogP contribution < -0.4 is 16.0 Å². The van der Waals surface area contributed by atoms with Crippen molar-refractivity contribution in [3.05, 3.63) is 29.8 Å². The molecule has 1 aliphatic heterocycles. The van der Waals surface area contributed by atoms with Gasteiger partial charge in [0.15, 0.2) is 0 Å². The SMILES string of the molecule is NCc1ccc(N2CCNC(=O)C2)cc1. The summed E-state index contributed by atoms with van der Waals surface area (Å²) in [5.41, 5.74) is 7.72. The van der Waals surface area contributed by atoms with Gasteiger partial charge in [0.05, 0.1) is 6.54 Å². The van der Waals surface area contributed by atoms with E-state index in [1.165, 1.54) is 0 Å². The third-order valence-corrected chi connectivity index (χ3v) is 2.58. The van der Waals surface area contributed by atoms with E-state index >= 15 is 0 Å². The summed E-state index contributed by atoms with van der Waals surface area (Å²) in [4.78, 5) is 13.3. The van der Waals surface area contributed by atoms with Crippen LogP contribution in [0.5, 0.6) is 0 Å². The summed E-state index contributed by atoms with van der Waals surface area (Å²) >= 11 is 0. The van der Waals surface area contributed by atoms with Crippen LogP contribution in [0.1, 0.15) is 5.56 Å². The summed E-state index contributed by atoms with van der Waals surface area (Å²) in [6.45, 7) is 2.59. The zero-order valence-corrected chi connectivity index (χ0v) is 8.57. The summed E-state index contributed by atoms with van der Waals surface area (Å²) in [6.07, 6.45) is 0. The number of nitrogens with two attached hydrogens (primary N) is 1. The van der Waals surface area contributed by atoms with E-state index in [0.29, 0.717) is 13.1 Å². The second-order valence-electron chi connectivity index (χ2n) is 3.64. The fraction of sp³-hybridized carbons (Fsp3) is 0.364. The van der Waals surface area contributed by atoms with Crippen LogP contribution in [0.25, 0.3) is 0 Å². The first-order valence-electron chi connectivity index (χ1n) is 5.10. The van der Waals surface area contributed by atoms with Crippen LogP contribution in [0.15, 0.2) is 24.3 Å². The molecule has 0 bridgehead atoms. The first-order valence-corrected chi connectivity index (χ1v) is 5.10. The Labute approximate surface area is 89.1 Å². The van der Waals surface area contributed by atoms with E-state index < -0.39 is 0 Å². The number of rotatable bonds is 2. The lowest BCUT2D eigenvalue weighted by Gasteiger charge is -2.28. The Morgan fingerprint density at radius 1 is 1.33 bits per heavy atom. The molecule has 0 aliphatic carbocycles. The number of hydrogen-bond acceptors (Lipinski definition) is 3. The van der Waals surface area contributed by atoms with Crippen molar-refractivity contribution in [3.63, 3.8) is 0 Å². The van der Waals surface area contributed by atoms with Crippen molar-refractivity contribution in [2.75, 3.05) is 24.5 Å². The molecule has 1 saturated heterocycles. The highest BCUT2D eigenvalue weighted by Gasteiger charge is 2.15. The fourth-order valence-corrected chi connectivity index (χ4v) is 1.70. The van der Waals surface area contributed by atoms with Crippen LogP contribution in [-0.4, -0.2) is 25.5 Å². The largest absolute Gasteiger partial charge is 0.360 e. The van der Waals surface area contributed by atoms with Crippen molar-refractivity contribution in [1.29, 1.82) is 0 Å². The minimum Gasteiger partial charge on any atom is -0.360 e. The van der Waals surface area contributed by atoms with Gasteiger partial charge >= 0.3 is 0 Å². The Kier molecular flexibility index (Phi) is 2.87. The molecule has 0 aromatic heterocycles. The molecular weight excluding hydrogens is 190 g/mol. The van der Waals surface area contributed by atoms with E-state index in [1.807, 2.05) is 24.3 Å². The fourth-order valence-electron chi connectivity index (χ4n) is 1.70. The average Bonchev–Trinajstić information content (AvgIpc) is 2.29. The molecule has 1 heterocycles. The molecule has 1 aromatic rings. The van der Waals surface area contributed by atoms with Gasteiger partial charge in [-0.1, -0.05) is 12.1 Å². The minimum absolute atomic E-state index is 0.0872. The maximum atomic E-state index is 11.2. The number of benzene rings is 1. The molecule has 4 heteroatoms. The molecular formula is C11H15N3O. The van der Waals surface area contributed by atoms with Gasteiger partial charge in [0, 0.05) is 25.3 Å². The minimum atomic E-state index is 0.0872. The Hall–Kier alpha value is -1.55. The predicted molar refractivity (Wildman–Crippen MR) is 59.6 cm³/mol. The van der Waals surface area contributed by atoms with Crippen molar-refractivity contribution < 1.29 is 4.79 Å². The molecule has 1 aliphatic rings. The lowest BCUT2D eigenvalue weighted by Crippen LogP contribution is -2.47. The van der Waals surface area contributed by atoms with Gasteiger partial charge in [-0.15, -0.1) is 0 Å². The number of nitrogens with one attached hydrogen (secondary N) is 1. The lowest BCUT2D eigenvalue weighted by atomic mass is 10.2. The molecule has 3 N–H and O–H groups in total. The van der Waals surface area contributed by atoms with E-state index in [0.717, 1.165) is 24.3 Å². The third kappa shape index (κ3) is 2.27. The Balaban J connectivity index is 2.11. The maximum absolute atomic E-state index is 11.2. The highest BCUT2D eigenvalue weighted by molar-refractivity contribution is 5.82. The highest BCUT2D eigenvalue weighted by atomic mass is 16.2. The number of piperazine rings is 1. The first-order chi connectivity index (χ1) is 7.29. The second-order valence-corrected chi connectivity index (χ2v) is 3.64. The van der Waals surface area contributed by atoms with Crippen molar-refractivity contribution in [2.24, 2.45) is 5.73 Å². The number of carbonyl (C=O) groups is 1. The van der Waals surface area contributed by atoms with Crippen LogP contribution in [-0.2, 0) is 11.3 Å². The normalized spacial score (nSPS) is 16.3. The van der Waals surface area contributed by atoms with Crippen LogP contribution in [0, 0.1) is 0 Å². The molecule has 1 aromatic carbocycles. The third-order valence-electron chi connectivity index (χ3n) is 2.58. The molecule has 2 rings (SSSR count). The van der Waals surface area contributed by atoms with E-state index in [-0.39, 0.29) is 5.91 Å². The lowest BCUT2D eigenvalue weighted by molar-refractivity contribution is -0.120. The molecule has 0 radical (unpaired) electrons. The van der Waals surface area contributed by atoms with Crippen LogP contribution in [0.3, 0.4) is 0 Å². The van der Waals surface area contributed by atoms with Crippen molar-refractivity contribution >= 4 is 11.6 Å². The summed E-state index contributed by atoms with van der Waals surface area (Å²) < 4.78 is 0. The highest BCUT2D eigenvalue weighted by Crippen LogP contribution is 2.15. The van der Waals surface area contributed by atoms with Gasteiger partial charge in [-0.25, -0.2) is 0 Å². The van der Waals surface area contributed by atoms with Gasteiger partial charge in [-0.3, -0.25) is 4.79 Å². The monoisotopic (exact) mass is 205 g/mol. The van der Waals surface area contributed by atoms with Crippen LogP contribution in [0.4, 0.5) is 5.69 Å². The van der Waals surface area contributed by atoms with Crippen molar-refractivity contribution in [1.82, 2.24) is 5.32 Å². The molecule has 15 heavy (non-hydrogen) atoms. The van der Waals surface area contributed by atoms with E-state index in [2.05, 4.69) is 10.2 Å². The number of amides is 1. The Bertz CT molecular complexity index is 347. The van der Waals surface area contributed by atoms with Crippen LogP contribution in [0.2, 0.25) is 0 Å². The molecule has 1 fully saturated rings. The number of anilines is 1. The maximum Gasteiger partial charge on any atom is 0.239 e. The zero-order valence-electron chi connectivity index (χ0n) is 8.57. The van der Waals surface area contributed by atoms with Crippen LogP contribution >= 0.6 is 0 Å². The number of hydrogen-bond donors (Lipinski definition) is 2. The predicted octanol–water partition coefficient (Wildman–Crippen LogP) is 0.0815. The molecule has 1 amide bonds. The van der Waals surface area contributed by atoms with Gasteiger partial charge in [-0.2, -0.15) is 0 Å². The number of carbonyl (C=O) groups excluding carboxylic acids is 1. The molecule has 0 atom stereocenters. The van der Waals surface area contributed by atoms with E-state index in [1.54, 1.807) is 0 Å². The molecule has 4 nitrogen and oxygen atoms in total. The van der Waals surface area contributed by atoms with Gasteiger partial charge in [0.2, 0.25) is 5.91 Å². The van der Waals surface area contributed by atoms with E-state index in [4.69, 9.17) is 5.73 Å². The quantitative estimate of drug-likeness (QED) is 0.719. The Morgan fingerprint density at radius 2 is 2.07 bits per heavy atom. The second kappa shape index (κ2) is 4.31. The van der Waals surface area contributed by atoms with Gasteiger partial charge < -0.3 is 16.0 Å². The van der Waals surface area contributed by atoms with Crippen molar-refractivity contribution in [2.45, 2.75) is 6.54 Å². The average molecular weight is 205 g/mol. The smallest absolute Gasteiger partial charge is 0.239 e. The summed E-state index contributed by atoms with van der Waals surface area (Å²) in [5.74, 6) is 0.0872. The van der Waals surface area contributed by atoms with Gasteiger partial charge in [0.1, 0.15) is 0 Å². The molecule has 0 spiro atoms. The van der Waals surface area contributed by atoms with Crippen molar-refractivity contribution in [3.8, 4) is 0 Å². The zero-order chi connectivity index (χ0) is 10.7.